The highest BCUT2D eigenvalue weighted by Gasteiger charge is 2.19. The van der Waals surface area contributed by atoms with E-state index in [1.807, 2.05) is 0 Å². The number of nitrogens with zero attached hydrogens (tertiary/aromatic N) is 2. The van der Waals surface area contributed by atoms with Gasteiger partial charge in [0.15, 0.2) is 0 Å². The first-order chi connectivity index (χ1) is 7.60. The number of sulfone groups is 1. The molecule has 0 saturated carbocycles. The SMILES string of the molecule is Nc1ccc(S(=O)(=O)c2ncccn2)cc1. The van der Waals surface area contributed by atoms with Crippen LogP contribution in [0.3, 0.4) is 0 Å². The fourth-order valence-electron chi connectivity index (χ4n) is 1.18. The van der Waals surface area contributed by atoms with E-state index in [1.54, 1.807) is 6.07 Å². The van der Waals surface area contributed by atoms with E-state index in [1.165, 1.54) is 36.7 Å². The van der Waals surface area contributed by atoms with Crippen LogP contribution in [0.5, 0.6) is 0 Å². The van der Waals surface area contributed by atoms with Gasteiger partial charge in [0, 0.05) is 18.1 Å². The first-order valence-electron chi connectivity index (χ1n) is 4.48. The molecule has 0 spiro atoms. The third kappa shape index (κ3) is 1.87. The lowest BCUT2D eigenvalue weighted by Gasteiger charge is -2.02. The summed E-state index contributed by atoms with van der Waals surface area (Å²) in [5.74, 6) is 0. The van der Waals surface area contributed by atoms with E-state index >= 15 is 0 Å². The minimum absolute atomic E-state index is 0.132. The molecule has 0 aliphatic carbocycles. The Kier molecular flexibility index (Phi) is 2.57. The molecule has 0 aliphatic rings. The van der Waals surface area contributed by atoms with Crippen LogP contribution in [-0.2, 0) is 9.84 Å². The van der Waals surface area contributed by atoms with E-state index in [-0.39, 0.29) is 10.1 Å². The summed E-state index contributed by atoms with van der Waals surface area (Å²) in [6, 6.07) is 7.47. The molecule has 2 aromatic rings. The lowest BCUT2D eigenvalue weighted by molar-refractivity contribution is 0.587. The van der Waals surface area contributed by atoms with E-state index in [0.29, 0.717) is 5.69 Å². The maximum atomic E-state index is 12.0. The molecule has 82 valence electrons. The van der Waals surface area contributed by atoms with Crippen molar-refractivity contribution in [2.24, 2.45) is 0 Å². The third-order valence-corrected chi connectivity index (χ3v) is 3.56. The van der Waals surface area contributed by atoms with E-state index in [2.05, 4.69) is 9.97 Å². The summed E-state index contributed by atoms with van der Waals surface area (Å²) in [4.78, 5) is 7.57. The van der Waals surface area contributed by atoms with Crippen molar-refractivity contribution in [2.75, 3.05) is 5.73 Å². The normalized spacial score (nSPS) is 11.2. The second-order valence-corrected chi connectivity index (χ2v) is 4.95. The molecule has 2 N–H and O–H groups in total. The summed E-state index contributed by atoms with van der Waals surface area (Å²) in [5.41, 5.74) is 5.99. The van der Waals surface area contributed by atoms with Crippen LogP contribution in [0.25, 0.3) is 0 Å². The van der Waals surface area contributed by atoms with Crippen molar-refractivity contribution in [3.8, 4) is 0 Å². The van der Waals surface area contributed by atoms with Gasteiger partial charge in [-0.05, 0) is 30.3 Å². The van der Waals surface area contributed by atoms with E-state index < -0.39 is 9.84 Å². The van der Waals surface area contributed by atoms with Gasteiger partial charge in [0.25, 0.3) is 5.16 Å². The minimum Gasteiger partial charge on any atom is -0.399 e. The molecule has 2 rings (SSSR count). The molecule has 1 heterocycles. The van der Waals surface area contributed by atoms with Crippen LogP contribution < -0.4 is 5.73 Å². The van der Waals surface area contributed by atoms with Gasteiger partial charge in [0.05, 0.1) is 4.90 Å². The van der Waals surface area contributed by atoms with Crippen LogP contribution in [0.1, 0.15) is 0 Å². The smallest absolute Gasteiger partial charge is 0.251 e. The average molecular weight is 235 g/mol. The number of benzene rings is 1. The number of nitrogens with two attached hydrogens (primary N) is 1. The van der Waals surface area contributed by atoms with Gasteiger partial charge < -0.3 is 5.73 Å². The first-order valence-corrected chi connectivity index (χ1v) is 5.97. The summed E-state index contributed by atoms with van der Waals surface area (Å²) in [5, 5.41) is -0.209. The highest BCUT2D eigenvalue weighted by atomic mass is 32.2. The molecule has 16 heavy (non-hydrogen) atoms. The lowest BCUT2D eigenvalue weighted by Crippen LogP contribution is -2.06. The zero-order chi connectivity index (χ0) is 11.6. The van der Waals surface area contributed by atoms with Crippen molar-refractivity contribution < 1.29 is 8.42 Å². The minimum atomic E-state index is -3.63. The summed E-state index contributed by atoms with van der Waals surface area (Å²) >= 11 is 0. The van der Waals surface area contributed by atoms with Crippen LogP contribution in [0.15, 0.2) is 52.8 Å². The molecule has 1 aromatic heterocycles. The van der Waals surface area contributed by atoms with Gasteiger partial charge in [-0.25, -0.2) is 18.4 Å². The second-order valence-electron chi connectivity index (χ2n) is 3.10. The molecule has 1 aromatic carbocycles. The Morgan fingerprint density at radius 2 is 1.56 bits per heavy atom. The molecule has 0 unspecified atom stereocenters. The second kappa shape index (κ2) is 3.90. The molecular weight excluding hydrogens is 226 g/mol. The average Bonchev–Trinajstić information content (AvgIpc) is 2.31. The van der Waals surface area contributed by atoms with Gasteiger partial charge >= 0.3 is 0 Å². The van der Waals surface area contributed by atoms with Crippen molar-refractivity contribution >= 4 is 15.5 Å². The Bertz CT molecular complexity index is 579. The number of aromatic nitrogens is 2. The standard InChI is InChI=1S/C10H9N3O2S/c11-8-2-4-9(5-3-8)16(14,15)10-12-6-1-7-13-10/h1-7H,11H2. The van der Waals surface area contributed by atoms with Gasteiger partial charge in [-0.15, -0.1) is 0 Å². The predicted octanol–water partition coefficient (Wildman–Crippen LogP) is 0.892. The van der Waals surface area contributed by atoms with Gasteiger partial charge in [0.1, 0.15) is 0 Å². The summed E-state index contributed by atoms with van der Waals surface area (Å²) in [7, 11) is -3.63. The van der Waals surface area contributed by atoms with E-state index in [4.69, 9.17) is 5.73 Å². The van der Waals surface area contributed by atoms with Crippen molar-refractivity contribution in [3.63, 3.8) is 0 Å². The Hall–Kier alpha value is -1.95. The van der Waals surface area contributed by atoms with Gasteiger partial charge in [-0.2, -0.15) is 0 Å². The summed E-state index contributed by atoms with van der Waals surface area (Å²) in [6.45, 7) is 0. The maximum Gasteiger partial charge on any atom is 0.251 e. The van der Waals surface area contributed by atoms with Crippen LogP contribution in [-0.4, -0.2) is 18.4 Å². The Labute approximate surface area is 92.9 Å². The molecule has 0 atom stereocenters. The molecule has 0 radical (unpaired) electrons. The Morgan fingerprint density at radius 3 is 2.12 bits per heavy atom. The van der Waals surface area contributed by atoms with Gasteiger partial charge in [-0.3, -0.25) is 0 Å². The monoisotopic (exact) mass is 235 g/mol. The third-order valence-electron chi connectivity index (χ3n) is 1.97. The molecule has 0 fully saturated rings. The number of nitrogen functional groups attached to an aromatic ring is 1. The zero-order valence-electron chi connectivity index (χ0n) is 8.24. The Morgan fingerprint density at radius 1 is 1.00 bits per heavy atom. The topological polar surface area (TPSA) is 85.9 Å². The Balaban J connectivity index is 2.52. The van der Waals surface area contributed by atoms with E-state index in [9.17, 15) is 8.42 Å². The molecular formula is C10H9N3O2S. The van der Waals surface area contributed by atoms with Gasteiger partial charge in [-0.1, -0.05) is 0 Å². The van der Waals surface area contributed by atoms with Gasteiger partial charge in [0.2, 0.25) is 9.84 Å². The van der Waals surface area contributed by atoms with Crippen molar-refractivity contribution in [1.29, 1.82) is 0 Å². The van der Waals surface area contributed by atoms with Crippen LogP contribution in [0, 0.1) is 0 Å². The maximum absolute atomic E-state index is 12.0. The number of hydrogen-bond acceptors (Lipinski definition) is 5. The van der Waals surface area contributed by atoms with Crippen molar-refractivity contribution in [1.82, 2.24) is 9.97 Å². The molecule has 0 saturated heterocycles. The molecule has 0 aliphatic heterocycles. The fraction of sp³-hybridized carbons (Fsp3) is 0. The highest BCUT2D eigenvalue weighted by molar-refractivity contribution is 7.91. The number of rotatable bonds is 2. The summed E-state index contributed by atoms with van der Waals surface area (Å²) in [6.07, 6.45) is 2.77. The molecule has 6 heteroatoms. The van der Waals surface area contributed by atoms with Crippen molar-refractivity contribution in [3.05, 3.63) is 42.7 Å². The largest absolute Gasteiger partial charge is 0.399 e. The number of hydrogen-bond donors (Lipinski definition) is 1. The zero-order valence-corrected chi connectivity index (χ0v) is 9.05. The first kappa shape index (κ1) is 10.6. The molecule has 0 bridgehead atoms. The van der Waals surface area contributed by atoms with Crippen molar-refractivity contribution in [2.45, 2.75) is 10.1 Å². The predicted molar refractivity (Wildman–Crippen MR) is 58.3 cm³/mol. The highest BCUT2D eigenvalue weighted by Crippen LogP contribution is 2.17. The quantitative estimate of drug-likeness (QED) is 0.617. The molecule has 0 amide bonds. The lowest BCUT2D eigenvalue weighted by atomic mass is 10.3. The fourth-order valence-corrected chi connectivity index (χ4v) is 2.28. The number of anilines is 1. The summed E-state index contributed by atoms with van der Waals surface area (Å²) < 4.78 is 24.0. The van der Waals surface area contributed by atoms with Crippen LogP contribution >= 0.6 is 0 Å². The van der Waals surface area contributed by atoms with Crippen LogP contribution in [0.2, 0.25) is 0 Å². The van der Waals surface area contributed by atoms with E-state index in [0.717, 1.165) is 0 Å². The van der Waals surface area contributed by atoms with Crippen LogP contribution in [0.4, 0.5) is 5.69 Å². The molecule has 5 nitrogen and oxygen atoms in total.